The maximum atomic E-state index is 12.6. The topological polar surface area (TPSA) is 101 Å². The van der Waals surface area contributed by atoms with Crippen LogP contribution in [0.15, 0.2) is 72.9 Å². The van der Waals surface area contributed by atoms with Gasteiger partial charge in [0.2, 0.25) is 0 Å². The number of nitrogens with one attached hydrogen (secondary N) is 3. The van der Waals surface area contributed by atoms with Crippen LogP contribution in [0.1, 0.15) is 21.7 Å². The van der Waals surface area contributed by atoms with Crippen molar-refractivity contribution < 1.29 is 9.53 Å². The van der Waals surface area contributed by atoms with E-state index in [4.69, 9.17) is 4.74 Å². The van der Waals surface area contributed by atoms with Crippen molar-refractivity contribution in [3.63, 3.8) is 0 Å². The van der Waals surface area contributed by atoms with Gasteiger partial charge in [0.1, 0.15) is 29.0 Å². The van der Waals surface area contributed by atoms with Crippen molar-refractivity contribution in [1.82, 2.24) is 15.0 Å². The number of benzene rings is 2. The van der Waals surface area contributed by atoms with Crippen LogP contribution >= 0.6 is 0 Å². The second-order valence-electron chi connectivity index (χ2n) is 7.39. The molecular weight excluding hydrogens is 416 g/mol. The van der Waals surface area contributed by atoms with Crippen LogP contribution in [0.4, 0.5) is 28.8 Å². The Hall–Kier alpha value is -4.46. The fraction of sp³-hybridized carbons (Fsp3) is 0.120. The van der Waals surface area contributed by atoms with Crippen molar-refractivity contribution in [2.24, 2.45) is 0 Å². The van der Waals surface area contributed by atoms with E-state index in [1.807, 2.05) is 62.4 Å². The van der Waals surface area contributed by atoms with Crippen LogP contribution in [0.2, 0.25) is 0 Å². The largest absolute Gasteiger partial charge is 0.496 e. The lowest BCUT2D eigenvalue weighted by molar-refractivity contribution is 0.102. The highest BCUT2D eigenvalue weighted by atomic mass is 16.5. The van der Waals surface area contributed by atoms with Gasteiger partial charge in [-0.05, 0) is 67.9 Å². The molecule has 8 heteroatoms. The summed E-state index contributed by atoms with van der Waals surface area (Å²) in [5.41, 5.74) is 3.07. The van der Waals surface area contributed by atoms with Crippen molar-refractivity contribution in [3.05, 3.63) is 89.9 Å². The van der Waals surface area contributed by atoms with Crippen LogP contribution < -0.4 is 20.7 Å². The highest BCUT2D eigenvalue weighted by Gasteiger charge is 2.11. The fourth-order valence-electron chi connectivity index (χ4n) is 3.25. The molecule has 0 atom stereocenters. The van der Waals surface area contributed by atoms with Crippen molar-refractivity contribution in [2.45, 2.75) is 13.8 Å². The summed E-state index contributed by atoms with van der Waals surface area (Å²) in [6, 6.07) is 20.2. The summed E-state index contributed by atoms with van der Waals surface area (Å²) in [7, 11) is 1.54. The number of rotatable bonds is 7. The van der Waals surface area contributed by atoms with Gasteiger partial charge in [0, 0.05) is 23.6 Å². The molecule has 0 bridgehead atoms. The Labute approximate surface area is 192 Å². The van der Waals surface area contributed by atoms with Gasteiger partial charge in [-0.25, -0.2) is 15.0 Å². The molecule has 0 unspecified atom stereocenters. The number of carbonyl (C=O) groups excluding carboxylic acids is 1. The lowest BCUT2D eigenvalue weighted by Crippen LogP contribution is -2.13. The number of ether oxygens (including phenoxy) is 1. The van der Waals surface area contributed by atoms with E-state index < -0.39 is 0 Å². The number of methoxy groups -OCH3 is 1. The predicted octanol–water partition coefficient (Wildman–Crippen LogP) is 5.24. The molecule has 1 amide bonds. The Bertz CT molecular complexity index is 1270. The Morgan fingerprint density at radius 2 is 1.52 bits per heavy atom. The van der Waals surface area contributed by atoms with E-state index in [1.54, 1.807) is 31.5 Å². The molecule has 3 N–H and O–H groups in total. The third-order valence-electron chi connectivity index (χ3n) is 4.78. The Kier molecular flexibility index (Phi) is 6.45. The Morgan fingerprint density at radius 1 is 0.818 bits per heavy atom. The zero-order valence-electron chi connectivity index (χ0n) is 18.6. The second kappa shape index (κ2) is 9.78. The van der Waals surface area contributed by atoms with Gasteiger partial charge in [-0.3, -0.25) is 4.79 Å². The van der Waals surface area contributed by atoms with E-state index in [2.05, 4.69) is 30.9 Å². The van der Waals surface area contributed by atoms with E-state index in [0.29, 0.717) is 40.3 Å². The van der Waals surface area contributed by atoms with Gasteiger partial charge in [0.25, 0.3) is 5.91 Å². The number of nitrogens with zero attached hydrogens (tertiary/aromatic N) is 3. The van der Waals surface area contributed by atoms with Crippen LogP contribution in [0.5, 0.6) is 5.75 Å². The molecule has 0 aliphatic heterocycles. The van der Waals surface area contributed by atoms with Crippen molar-refractivity contribution in [1.29, 1.82) is 0 Å². The van der Waals surface area contributed by atoms with E-state index in [0.717, 1.165) is 11.3 Å². The van der Waals surface area contributed by atoms with Crippen LogP contribution in [0, 0.1) is 13.8 Å². The summed E-state index contributed by atoms with van der Waals surface area (Å²) in [5, 5.41) is 9.36. The van der Waals surface area contributed by atoms with Crippen LogP contribution in [-0.4, -0.2) is 28.0 Å². The molecule has 0 spiro atoms. The molecule has 0 aliphatic rings. The number of aromatic nitrogens is 3. The number of amides is 1. The Balaban J connectivity index is 1.44. The minimum Gasteiger partial charge on any atom is -0.496 e. The lowest BCUT2D eigenvalue weighted by atomic mass is 10.2. The molecular formula is C25H24N6O2. The first-order valence-electron chi connectivity index (χ1n) is 10.4. The third kappa shape index (κ3) is 5.62. The zero-order chi connectivity index (χ0) is 23.2. The highest BCUT2D eigenvalue weighted by molar-refractivity contribution is 6.06. The number of pyridine rings is 1. The van der Waals surface area contributed by atoms with Gasteiger partial charge < -0.3 is 20.7 Å². The maximum absolute atomic E-state index is 12.6. The molecule has 4 aromatic rings. The van der Waals surface area contributed by atoms with E-state index in [-0.39, 0.29) is 5.91 Å². The summed E-state index contributed by atoms with van der Waals surface area (Å²) in [6.07, 6.45) is 1.75. The smallest absolute Gasteiger partial charge is 0.259 e. The zero-order valence-corrected chi connectivity index (χ0v) is 18.6. The molecule has 0 saturated heterocycles. The molecule has 2 aromatic heterocycles. The number of hydrogen-bond acceptors (Lipinski definition) is 7. The van der Waals surface area contributed by atoms with Gasteiger partial charge in [-0.2, -0.15) is 0 Å². The second-order valence-corrected chi connectivity index (χ2v) is 7.39. The molecule has 8 nitrogen and oxygen atoms in total. The minimum atomic E-state index is -0.236. The van der Waals surface area contributed by atoms with E-state index in [9.17, 15) is 4.79 Å². The van der Waals surface area contributed by atoms with Gasteiger partial charge in [-0.1, -0.05) is 12.1 Å². The number of carbonyl (C=O) groups is 1. The maximum Gasteiger partial charge on any atom is 0.259 e. The molecule has 166 valence electrons. The quantitative estimate of drug-likeness (QED) is 0.361. The summed E-state index contributed by atoms with van der Waals surface area (Å²) < 4.78 is 5.26. The lowest BCUT2D eigenvalue weighted by Gasteiger charge is -2.12. The average molecular weight is 441 g/mol. The monoisotopic (exact) mass is 440 g/mol. The normalized spacial score (nSPS) is 10.4. The van der Waals surface area contributed by atoms with Crippen molar-refractivity contribution >= 4 is 34.7 Å². The van der Waals surface area contributed by atoms with E-state index in [1.165, 1.54) is 0 Å². The summed E-state index contributed by atoms with van der Waals surface area (Å²) in [5.74, 6) is 2.91. The molecule has 33 heavy (non-hydrogen) atoms. The molecule has 0 saturated carbocycles. The third-order valence-corrected chi connectivity index (χ3v) is 4.78. The summed E-state index contributed by atoms with van der Waals surface area (Å²) in [4.78, 5) is 25.8. The van der Waals surface area contributed by atoms with Gasteiger partial charge in [-0.15, -0.1) is 0 Å². The summed E-state index contributed by atoms with van der Waals surface area (Å²) >= 11 is 0. The first-order valence-corrected chi connectivity index (χ1v) is 10.4. The summed E-state index contributed by atoms with van der Waals surface area (Å²) in [6.45, 7) is 3.84. The standard InChI is InChI=1S/C25H24N6O2/c1-16-12-13-26-22(14-16)31-24-15-23(27-17(2)28-24)29-18-8-10-19(11-9-18)30-25(32)20-6-4-5-7-21(20)33-3/h4-15H,1-3H3,(H,30,32)(H2,26,27,28,29,31). The molecule has 2 heterocycles. The average Bonchev–Trinajstić information content (AvgIpc) is 2.80. The first kappa shape index (κ1) is 21.8. The number of hydrogen-bond donors (Lipinski definition) is 3. The molecule has 2 aromatic carbocycles. The number of anilines is 5. The van der Waals surface area contributed by atoms with Crippen LogP contribution in [-0.2, 0) is 0 Å². The molecule has 0 fully saturated rings. The van der Waals surface area contributed by atoms with Gasteiger partial charge >= 0.3 is 0 Å². The minimum absolute atomic E-state index is 0.236. The fourth-order valence-corrected chi connectivity index (χ4v) is 3.25. The first-order chi connectivity index (χ1) is 16.0. The highest BCUT2D eigenvalue weighted by Crippen LogP contribution is 2.23. The molecule has 0 aliphatic carbocycles. The van der Waals surface area contributed by atoms with Crippen LogP contribution in [0.25, 0.3) is 0 Å². The predicted molar refractivity (Wildman–Crippen MR) is 130 cm³/mol. The molecule has 0 radical (unpaired) electrons. The van der Waals surface area contributed by atoms with Crippen molar-refractivity contribution in [2.75, 3.05) is 23.1 Å². The van der Waals surface area contributed by atoms with Gasteiger partial charge in [0.15, 0.2) is 0 Å². The van der Waals surface area contributed by atoms with E-state index >= 15 is 0 Å². The Morgan fingerprint density at radius 3 is 2.24 bits per heavy atom. The molecule has 4 rings (SSSR count). The van der Waals surface area contributed by atoms with Crippen molar-refractivity contribution in [3.8, 4) is 5.75 Å². The van der Waals surface area contributed by atoms with Crippen LogP contribution in [0.3, 0.4) is 0 Å². The number of para-hydroxylation sites is 1. The number of aryl methyl sites for hydroxylation is 2. The van der Waals surface area contributed by atoms with Gasteiger partial charge in [0.05, 0.1) is 12.7 Å². The SMILES string of the molecule is COc1ccccc1C(=O)Nc1ccc(Nc2cc(Nc3cc(C)ccn3)nc(C)n2)cc1.